The van der Waals surface area contributed by atoms with Crippen LogP contribution >= 0.6 is 0 Å². The number of amides is 1. The maximum atomic E-state index is 12.4. The summed E-state index contributed by atoms with van der Waals surface area (Å²) in [6, 6.07) is 22.8. The third kappa shape index (κ3) is 4.59. The van der Waals surface area contributed by atoms with Crippen molar-refractivity contribution in [3.8, 4) is 28.9 Å². The summed E-state index contributed by atoms with van der Waals surface area (Å²) < 4.78 is 11.8. The summed E-state index contributed by atoms with van der Waals surface area (Å²) >= 11 is 0. The third-order valence-corrected chi connectivity index (χ3v) is 4.47. The van der Waals surface area contributed by atoms with E-state index in [1.165, 1.54) is 0 Å². The number of carboxylic acid groups (broad SMARTS) is 1. The maximum absolute atomic E-state index is 12.4. The van der Waals surface area contributed by atoms with Gasteiger partial charge in [0.1, 0.15) is 23.8 Å². The van der Waals surface area contributed by atoms with Gasteiger partial charge in [-0.05, 0) is 42.5 Å². The molecule has 8 heteroatoms. The topological polar surface area (TPSA) is 118 Å². The molecule has 0 saturated heterocycles. The van der Waals surface area contributed by atoms with Crippen LogP contribution in [0.2, 0.25) is 0 Å². The Bertz CT molecular complexity index is 1280. The lowest BCUT2D eigenvalue weighted by molar-refractivity contribution is -0.135. The fraction of sp³-hybridized carbons (Fsp3) is 0.0417. The van der Waals surface area contributed by atoms with Gasteiger partial charge in [-0.1, -0.05) is 36.4 Å². The largest absolute Gasteiger partial charge is 0.505 e. The number of aromatic nitrogens is 1. The SMILES string of the molecule is O=C(O)CNC(=O)c1nc(Oc2ccccc2)c2cc(Oc3ccccc3)ccc2c1O. The summed E-state index contributed by atoms with van der Waals surface area (Å²) in [5.74, 6) is -0.822. The molecule has 1 heterocycles. The normalized spacial score (nSPS) is 10.5. The number of aromatic hydroxyl groups is 1. The Morgan fingerprint density at radius 3 is 2.06 bits per heavy atom. The zero-order valence-electron chi connectivity index (χ0n) is 16.7. The van der Waals surface area contributed by atoms with Crippen LogP contribution in [-0.4, -0.2) is 33.6 Å². The fourth-order valence-electron chi connectivity index (χ4n) is 3.01. The van der Waals surface area contributed by atoms with E-state index in [1.807, 2.05) is 24.3 Å². The molecule has 0 bridgehead atoms. The predicted molar refractivity (Wildman–Crippen MR) is 116 cm³/mol. The molecule has 0 spiro atoms. The van der Waals surface area contributed by atoms with Crippen molar-refractivity contribution in [2.24, 2.45) is 0 Å². The smallest absolute Gasteiger partial charge is 0.322 e. The highest BCUT2D eigenvalue weighted by Crippen LogP contribution is 2.38. The standard InChI is InChI=1S/C24H18N2O6/c27-20(28)14-25-23(30)21-22(29)18-12-11-17(31-15-7-3-1-4-8-15)13-19(18)24(26-21)32-16-9-5-2-6-10-16/h1-13,29H,14H2,(H,25,30)(H,27,28). The van der Waals surface area contributed by atoms with E-state index in [4.69, 9.17) is 14.6 Å². The average Bonchev–Trinajstić information content (AvgIpc) is 2.80. The molecule has 0 aliphatic carbocycles. The molecule has 0 radical (unpaired) electrons. The van der Waals surface area contributed by atoms with E-state index in [1.54, 1.807) is 54.6 Å². The first kappa shape index (κ1) is 20.7. The molecule has 1 aromatic heterocycles. The molecule has 160 valence electrons. The van der Waals surface area contributed by atoms with Crippen LogP contribution in [0.5, 0.6) is 28.9 Å². The first-order chi connectivity index (χ1) is 15.5. The van der Waals surface area contributed by atoms with Gasteiger partial charge in [-0.15, -0.1) is 0 Å². The molecule has 4 rings (SSSR count). The van der Waals surface area contributed by atoms with Gasteiger partial charge in [0.15, 0.2) is 11.4 Å². The lowest BCUT2D eigenvalue weighted by atomic mass is 10.1. The Kier molecular flexibility index (Phi) is 5.85. The van der Waals surface area contributed by atoms with Gasteiger partial charge in [0.25, 0.3) is 5.91 Å². The average molecular weight is 430 g/mol. The highest BCUT2D eigenvalue weighted by molar-refractivity contribution is 6.04. The number of nitrogens with zero attached hydrogens (tertiary/aromatic N) is 1. The molecule has 0 aliphatic rings. The summed E-state index contributed by atoms with van der Waals surface area (Å²) in [6.45, 7) is -0.614. The van der Waals surface area contributed by atoms with Crippen molar-refractivity contribution in [1.29, 1.82) is 0 Å². The van der Waals surface area contributed by atoms with E-state index < -0.39 is 24.2 Å². The van der Waals surface area contributed by atoms with Gasteiger partial charge in [-0.3, -0.25) is 9.59 Å². The van der Waals surface area contributed by atoms with Crippen LogP contribution in [0.3, 0.4) is 0 Å². The van der Waals surface area contributed by atoms with E-state index in [0.29, 0.717) is 28.0 Å². The molecule has 0 aliphatic heterocycles. The summed E-state index contributed by atoms with van der Waals surface area (Å²) in [5.41, 5.74) is -0.346. The minimum absolute atomic E-state index is 0.0583. The summed E-state index contributed by atoms with van der Waals surface area (Å²) in [5, 5.41) is 22.4. The molecule has 0 atom stereocenters. The van der Waals surface area contributed by atoms with E-state index in [-0.39, 0.29) is 11.6 Å². The number of rotatable bonds is 7. The van der Waals surface area contributed by atoms with Crippen molar-refractivity contribution in [1.82, 2.24) is 10.3 Å². The highest BCUT2D eigenvalue weighted by atomic mass is 16.5. The van der Waals surface area contributed by atoms with Crippen molar-refractivity contribution in [3.05, 3.63) is 84.6 Å². The second-order valence-corrected chi connectivity index (χ2v) is 6.73. The molecule has 1 amide bonds. The third-order valence-electron chi connectivity index (χ3n) is 4.47. The van der Waals surface area contributed by atoms with Crippen molar-refractivity contribution in [2.45, 2.75) is 0 Å². The van der Waals surface area contributed by atoms with Gasteiger partial charge < -0.3 is 25.0 Å². The number of pyridine rings is 1. The van der Waals surface area contributed by atoms with Gasteiger partial charge in [-0.2, -0.15) is 0 Å². The lowest BCUT2D eigenvalue weighted by Gasteiger charge is -2.14. The van der Waals surface area contributed by atoms with Crippen molar-refractivity contribution >= 4 is 22.6 Å². The van der Waals surface area contributed by atoms with Crippen LogP contribution in [0.25, 0.3) is 10.8 Å². The molecule has 32 heavy (non-hydrogen) atoms. The number of ether oxygens (including phenoxy) is 2. The van der Waals surface area contributed by atoms with Crippen LogP contribution in [0, 0.1) is 0 Å². The number of aliphatic carboxylic acids is 1. The first-order valence-electron chi connectivity index (χ1n) is 9.64. The van der Waals surface area contributed by atoms with Gasteiger partial charge in [0, 0.05) is 5.39 Å². The minimum atomic E-state index is -1.22. The number of para-hydroxylation sites is 2. The molecule has 0 unspecified atom stereocenters. The van der Waals surface area contributed by atoms with E-state index in [2.05, 4.69) is 10.3 Å². The number of fused-ring (bicyclic) bond motifs is 1. The quantitative estimate of drug-likeness (QED) is 0.399. The van der Waals surface area contributed by atoms with Crippen LogP contribution in [0.1, 0.15) is 10.5 Å². The van der Waals surface area contributed by atoms with Crippen molar-refractivity contribution < 1.29 is 29.3 Å². The van der Waals surface area contributed by atoms with E-state index >= 15 is 0 Å². The zero-order chi connectivity index (χ0) is 22.5. The number of carbonyl (C=O) groups excluding carboxylic acids is 1. The number of hydrogen-bond acceptors (Lipinski definition) is 6. The Hall–Kier alpha value is -4.59. The Labute approximate surface area is 182 Å². The summed E-state index contributed by atoms with van der Waals surface area (Å²) in [6.07, 6.45) is 0. The monoisotopic (exact) mass is 430 g/mol. The van der Waals surface area contributed by atoms with Crippen molar-refractivity contribution in [3.63, 3.8) is 0 Å². The van der Waals surface area contributed by atoms with Crippen LogP contribution in [0.4, 0.5) is 0 Å². The number of carbonyl (C=O) groups is 2. The molecule has 8 nitrogen and oxygen atoms in total. The predicted octanol–water partition coefficient (Wildman–Crippen LogP) is 4.34. The zero-order valence-corrected chi connectivity index (χ0v) is 16.7. The molecule has 0 saturated carbocycles. The summed E-state index contributed by atoms with van der Waals surface area (Å²) in [4.78, 5) is 27.4. The van der Waals surface area contributed by atoms with Gasteiger partial charge in [0.05, 0.1) is 5.39 Å². The number of hydrogen-bond donors (Lipinski definition) is 3. The van der Waals surface area contributed by atoms with Gasteiger partial charge in [0.2, 0.25) is 5.88 Å². The second-order valence-electron chi connectivity index (χ2n) is 6.73. The van der Waals surface area contributed by atoms with Gasteiger partial charge >= 0.3 is 5.97 Å². The molecule has 4 aromatic rings. The molecular formula is C24H18N2O6. The molecule has 3 N–H and O–H groups in total. The minimum Gasteiger partial charge on any atom is -0.505 e. The van der Waals surface area contributed by atoms with Crippen LogP contribution in [-0.2, 0) is 4.79 Å². The Morgan fingerprint density at radius 1 is 0.812 bits per heavy atom. The van der Waals surface area contributed by atoms with Crippen LogP contribution in [0.15, 0.2) is 78.9 Å². The summed E-state index contributed by atoms with van der Waals surface area (Å²) in [7, 11) is 0. The second kappa shape index (κ2) is 9.05. The Morgan fingerprint density at radius 2 is 1.44 bits per heavy atom. The van der Waals surface area contributed by atoms with Crippen LogP contribution < -0.4 is 14.8 Å². The highest BCUT2D eigenvalue weighted by Gasteiger charge is 2.21. The molecule has 0 fully saturated rings. The molecular weight excluding hydrogens is 412 g/mol. The maximum Gasteiger partial charge on any atom is 0.322 e. The van der Waals surface area contributed by atoms with E-state index in [9.17, 15) is 14.7 Å². The number of benzene rings is 3. The van der Waals surface area contributed by atoms with Crippen molar-refractivity contribution in [2.75, 3.05) is 6.54 Å². The Balaban J connectivity index is 1.79. The van der Waals surface area contributed by atoms with E-state index in [0.717, 1.165) is 0 Å². The lowest BCUT2D eigenvalue weighted by Crippen LogP contribution is -2.30. The fourth-order valence-corrected chi connectivity index (χ4v) is 3.01. The first-order valence-corrected chi connectivity index (χ1v) is 9.64. The molecule has 3 aromatic carbocycles. The van der Waals surface area contributed by atoms with Gasteiger partial charge in [-0.25, -0.2) is 4.98 Å². The number of nitrogens with one attached hydrogen (secondary N) is 1. The number of carboxylic acids is 1.